The Morgan fingerprint density at radius 3 is 2.25 bits per heavy atom. The van der Waals surface area contributed by atoms with Crippen LogP contribution in [0.4, 0.5) is 10.6 Å². The first-order chi connectivity index (χ1) is 21.2. The molecule has 12 heteroatoms. The van der Waals surface area contributed by atoms with E-state index in [1.807, 2.05) is 49.1 Å². The highest BCUT2D eigenvalue weighted by Gasteiger charge is 2.60. The standard InChI is InChI=1S/C32H42N6O6/c1-4-5-9-16-44-32(43)37-14-12-36(13-15-37)30(40)27(20(2)3)35-29(39)24-17-25(34-28(33-24)21-10-7-6-8-11-21)38-18-22-23(19-38)26(22)31(41)42/h6-8,10-11,17,20,22-23,26-27H,4-5,9,12-16,18-19H2,1-3H3,(H,35,39)(H,41,42)/t22-,23+,26?,27-/m0/s1. The number of aromatic nitrogens is 2. The van der Waals surface area contributed by atoms with E-state index in [0.717, 1.165) is 24.8 Å². The van der Waals surface area contributed by atoms with Gasteiger partial charge in [-0.2, -0.15) is 0 Å². The Bertz CT molecular complexity index is 1350. The molecular weight excluding hydrogens is 564 g/mol. The van der Waals surface area contributed by atoms with Crippen molar-refractivity contribution in [3.05, 3.63) is 42.1 Å². The van der Waals surface area contributed by atoms with Gasteiger partial charge in [-0.05, 0) is 24.2 Å². The van der Waals surface area contributed by atoms with E-state index in [9.17, 15) is 24.3 Å². The summed E-state index contributed by atoms with van der Waals surface area (Å²) in [4.78, 5) is 65.8. The van der Waals surface area contributed by atoms with Crippen LogP contribution in [-0.4, -0.2) is 101 Å². The number of nitrogens with one attached hydrogen (secondary N) is 1. The summed E-state index contributed by atoms with van der Waals surface area (Å²) in [6.07, 6.45) is 2.53. The number of ether oxygens (including phenoxy) is 1. The molecule has 2 aromatic rings. The molecule has 44 heavy (non-hydrogen) atoms. The van der Waals surface area contributed by atoms with Gasteiger partial charge in [-0.25, -0.2) is 14.8 Å². The predicted molar refractivity (Wildman–Crippen MR) is 163 cm³/mol. The molecule has 5 rings (SSSR count). The molecule has 3 heterocycles. The third kappa shape index (κ3) is 6.95. The van der Waals surface area contributed by atoms with Crippen molar-refractivity contribution >= 4 is 29.7 Å². The van der Waals surface area contributed by atoms with Crippen LogP contribution >= 0.6 is 0 Å². The van der Waals surface area contributed by atoms with E-state index in [-0.39, 0.29) is 41.4 Å². The number of carboxylic acids is 1. The normalized spacial score (nSPS) is 21.5. The maximum Gasteiger partial charge on any atom is 0.409 e. The zero-order chi connectivity index (χ0) is 31.4. The number of carbonyl (C=O) groups excluding carboxylic acids is 3. The number of hydrogen-bond donors (Lipinski definition) is 2. The number of nitrogens with zero attached hydrogens (tertiary/aromatic N) is 5. The minimum Gasteiger partial charge on any atom is -0.481 e. The van der Waals surface area contributed by atoms with Gasteiger partial charge in [0.25, 0.3) is 5.91 Å². The molecule has 0 radical (unpaired) electrons. The van der Waals surface area contributed by atoms with E-state index in [1.54, 1.807) is 15.9 Å². The summed E-state index contributed by atoms with van der Waals surface area (Å²) in [5.41, 5.74) is 0.882. The lowest BCUT2D eigenvalue weighted by molar-refractivity contribution is -0.139. The lowest BCUT2D eigenvalue weighted by Gasteiger charge is -2.36. The van der Waals surface area contributed by atoms with Crippen LogP contribution in [0.5, 0.6) is 0 Å². The summed E-state index contributed by atoms with van der Waals surface area (Å²) in [7, 11) is 0. The van der Waals surface area contributed by atoms with Crippen LogP contribution in [-0.2, 0) is 14.3 Å². The first kappa shape index (κ1) is 31.2. The number of carboxylic acid groups (broad SMARTS) is 1. The molecular formula is C32H42N6O6. The van der Waals surface area contributed by atoms with Gasteiger partial charge in [-0.3, -0.25) is 14.4 Å². The van der Waals surface area contributed by atoms with Crippen LogP contribution in [0, 0.1) is 23.7 Å². The van der Waals surface area contributed by atoms with Crippen LogP contribution in [0.25, 0.3) is 11.4 Å². The lowest BCUT2D eigenvalue weighted by atomic mass is 10.0. The predicted octanol–water partition coefficient (Wildman–Crippen LogP) is 3.14. The second kappa shape index (κ2) is 13.6. The number of fused-ring (bicyclic) bond motifs is 1. The number of aliphatic carboxylic acids is 1. The molecule has 4 atom stereocenters. The van der Waals surface area contributed by atoms with E-state index in [2.05, 4.69) is 17.2 Å². The van der Waals surface area contributed by atoms with Gasteiger partial charge in [0, 0.05) is 50.9 Å². The first-order valence-electron chi connectivity index (χ1n) is 15.6. The lowest BCUT2D eigenvalue weighted by Crippen LogP contribution is -2.57. The van der Waals surface area contributed by atoms with Crippen molar-refractivity contribution in [2.24, 2.45) is 23.7 Å². The molecule has 1 unspecified atom stereocenters. The monoisotopic (exact) mass is 606 g/mol. The van der Waals surface area contributed by atoms with Crippen LogP contribution < -0.4 is 10.2 Å². The smallest absolute Gasteiger partial charge is 0.409 e. The molecule has 0 spiro atoms. The number of piperazine rings is 1. The second-order valence-electron chi connectivity index (χ2n) is 12.2. The maximum atomic E-state index is 13.7. The Morgan fingerprint density at radius 2 is 1.64 bits per heavy atom. The molecule has 3 amide bonds. The number of unbranched alkanes of at least 4 members (excludes halogenated alkanes) is 2. The molecule has 0 bridgehead atoms. The van der Waals surface area contributed by atoms with Gasteiger partial charge in [0.1, 0.15) is 17.6 Å². The summed E-state index contributed by atoms with van der Waals surface area (Å²) in [6, 6.07) is 10.2. The van der Waals surface area contributed by atoms with Crippen LogP contribution in [0.1, 0.15) is 50.5 Å². The molecule has 12 nitrogen and oxygen atoms in total. The highest BCUT2D eigenvalue weighted by Crippen LogP contribution is 2.52. The second-order valence-corrected chi connectivity index (χ2v) is 12.2. The van der Waals surface area contributed by atoms with Gasteiger partial charge in [0.05, 0.1) is 12.5 Å². The molecule has 2 saturated heterocycles. The Morgan fingerprint density at radius 1 is 0.977 bits per heavy atom. The van der Waals surface area contributed by atoms with E-state index in [1.165, 1.54) is 0 Å². The highest BCUT2D eigenvalue weighted by atomic mass is 16.6. The van der Waals surface area contributed by atoms with Crippen molar-refractivity contribution in [3.63, 3.8) is 0 Å². The number of amides is 3. The van der Waals surface area contributed by atoms with E-state index in [0.29, 0.717) is 57.5 Å². The molecule has 3 fully saturated rings. The number of hydrogen-bond acceptors (Lipinski definition) is 8. The van der Waals surface area contributed by atoms with E-state index < -0.39 is 17.9 Å². The fraction of sp³-hybridized carbons (Fsp3) is 0.562. The number of benzene rings is 1. The summed E-state index contributed by atoms with van der Waals surface area (Å²) in [5, 5.41) is 12.3. The van der Waals surface area contributed by atoms with Crippen LogP contribution in [0.3, 0.4) is 0 Å². The van der Waals surface area contributed by atoms with Crippen LogP contribution in [0.2, 0.25) is 0 Å². The summed E-state index contributed by atoms with van der Waals surface area (Å²) in [6.45, 7) is 8.79. The maximum absolute atomic E-state index is 13.7. The fourth-order valence-electron chi connectivity index (χ4n) is 6.15. The van der Waals surface area contributed by atoms with Crippen molar-refractivity contribution in [2.45, 2.75) is 46.1 Å². The molecule has 1 aromatic heterocycles. The molecule has 2 aliphatic heterocycles. The summed E-state index contributed by atoms with van der Waals surface area (Å²) < 4.78 is 5.36. The minimum atomic E-state index is -0.788. The average molecular weight is 607 g/mol. The fourth-order valence-corrected chi connectivity index (χ4v) is 6.15. The molecule has 236 valence electrons. The molecule has 1 aliphatic carbocycles. The third-order valence-corrected chi connectivity index (χ3v) is 8.82. The quantitative estimate of drug-likeness (QED) is 0.369. The zero-order valence-electron chi connectivity index (χ0n) is 25.6. The van der Waals surface area contributed by atoms with Gasteiger partial charge in [0.15, 0.2) is 5.82 Å². The number of piperidine rings is 1. The van der Waals surface area contributed by atoms with Crippen molar-refractivity contribution in [3.8, 4) is 11.4 Å². The van der Waals surface area contributed by atoms with Gasteiger partial charge in [0.2, 0.25) is 5.91 Å². The Labute approximate surface area is 257 Å². The highest BCUT2D eigenvalue weighted by molar-refractivity contribution is 5.97. The largest absolute Gasteiger partial charge is 0.481 e. The Kier molecular flexibility index (Phi) is 9.65. The van der Waals surface area contributed by atoms with Crippen LogP contribution in [0.15, 0.2) is 36.4 Å². The SMILES string of the molecule is CCCCCOC(=O)N1CCN(C(=O)[C@@H](NC(=O)c2cc(N3C[C@@H]4C(C(=O)O)[C@@H]4C3)nc(-c3ccccc3)n2)C(C)C)CC1. The first-order valence-corrected chi connectivity index (χ1v) is 15.6. The van der Waals surface area contributed by atoms with Crippen molar-refractivity contribution in [1.29, 1.82) is 0 Å². The molecule has 1 aromatic carbocycles. The average Bonchev–Trinajstić information content (AvgIpc) is 3.55. The summed E-state index contributed by atoms with van der Waals surface area (Å²) in [5.74, 6) is -0.875. The molecule has 1 saturated carbocycles. The number of carbonyl (C=O) groups is 4. The van der Waals surface area contributed by atoms with Gasteiger partial charge >= 0.3 is 12.1 Å². The van der Waals surface area contributed by atoms with Gasteiger partial charge < -0.3 is 29.9 Å². The Hall–Kier alpha value is -4.22. The summed E-state index contributed by atoms with van der Waals surface area (Å²) >= 11 is 0. The van der Waals surface area contributed by atoms with Crippen molar-refractivity contribution in [2.75, 3.05) is 50.8 Å². The van der Waals surface area contributed by atoms with Gasteiger partial charge in [-0.1, -0.05) is 63.9 Å². The molecule has 3 aliphatic rings. The van der Waals surface area contributed by atoms with Crippen molar-refractivity contribution in [1.82, 2.24) is 25.1 Å². The third-order valence-electron chi connectivity index (χ3n) is 8.82. The van der Waals surface area contributed by atoms with E-state index in [4.69, 9.17) is 9.72 Å². The van der Waals surface area contributed by atoms with Gasteiger partial charge in [-0.15, -0.1) is 0 Å². The van der Waals surface area contributed by atoms with Crippen molar-refractivity contribution < 1.29 is 29.0 Å². The number of rotatable bonds is 11. The topological polar surface area (TPSA) is 145 Å². The van der Waals surface area contributed by atoms with E-state index >= 15 is 0 Å². The Balaban J connectivity index is 1.26. The molecule has 2 N–H and O–H groups in total. The number of anilines is 1. The zero-order valence-corrected chi connectivity index (χ0v) is 25.6. The minimum absolute atomic E-state index is 0.0752.